The maximum atomic E-state index is 10.4. The summed E-state index contributed by atoms with van der Waals surface area (Å²) in [5, 5.41) is 0. The van der Waals surface area contributed by atoms with E-state index < -0.39 is 11.1 Å². The highest BCUT2D eigenvalue weighted by atomic mass is 32.2. The van der Waals surface area contributed by atoms with Crippen molar-refractivity contribution < 1.29 is 8.76 Å². The van der Waals surface area contributed by atoms with Gasteiger partial charge in [0.05, 0.1) is 0 Å². The summed E-state index contributed by atoms with van der Waals surface area (Å²) in [4.78, 5) is 0.294. The summed E-state index contributed by atoms with van der Waals surface area (Å²) in [7, 11) is 0. The number of nitrogens with two attached hydrogens (primary N) is 1. The molecule has 0 aliphatic rings. The molecule has 0 aliphatic heterocycles. The van der Waals surface area contributed by atoms with Crippen molar-refractivity contribution in [2.45, 2.75) is 11.4 Å². The van der Waals surface area contributed by atoms with Gasteiger partial charge in [0.2, 0.25) is 0 Å². The fourth-order valence-electron chi connectivity index (χ4n) is 0.737. The Kier molecular flexibility index (Phi) is 2.76. The molecule has 1 aromatic rings. The summed E-state index contributed by atoms with van der Waals surface area (Å²) in [5.74, 6) is 0. The Morgan fingerprint density at radius 3 is 2.27 bits per heavy atom. The molecule has 1 atom stereocenters. The minimum atomic E-state index is -2.13. The molecular formula is C7H8NO2S-. The van der Waals surface area contributed by atoms with Crippen molar-refractivity contribution in [1.82, 2.24) is 0 Å². The molecule has 0 heterocycles. The zero-order valence-corrected chi connectivity index (χ0v) is 6.64. The maximum Gasteiger partial charge on any atom is 0.0248 e. The molecule has 3 nitrogen and oxygen atoms in total. The van der Waals surface area contributed by atoms with Crippen LogP contribution in [0.25, 0.3) is 0 Å². The molecule has 1 unspecified atom stereocenters. The van der Waals surface area contributed by atoms with Gasteiger partial charge in [0, 0.05) is 11.4 Å². The van der Waals surface area contributed by atoms with Crippen molar-refractivity contribution in [3.63, 3.8) is 0 Å². The van der Waals surface area contributed by atoms with Crippen LogP contribution in [-0.4, -0.2) is 8.76 Å². The molecule has 0 saturated heterocycles. The highest BCUT2D eigenvalue weighted by Gasteiger charge is 1.91. The molecule has 0 aromatic heterocycles. The quantitative estimate of drug-likeness (QED) is 0.652. The van der Waals surface area contributed by atoms with E-state index in [4.69, 9.17) is 5.73 Å². The molecular weight excluding hydrogens is 162 g/mol. The summed E-state index contributed by atoms with van der Waals surface area (Å²) >= 11 is -2.13. The van der Waals surface area contributed by atoms with Gasteiger partial charge in [-0.2, -0.15) is 0 Å². The Morgan fingerprint density at radius 2 is 1.91 bits per heavy atom. The monoisotopic (exact) mass is 170 g/mol. The molecule has 0 aliphatic carbocycles. The molecule has 60 valence electrons. The first kappa shape index (κ1) is 8.39. The largest absolute Gasteiger partial charge is 0.768 e. The Bertz CT molecular complexity index is 258. The Balaban J connectivity index is 2.91. The number of benzene rings is 1. The first-order valence-electron chi connectivity index (χ1n) is 3.12. The lowest BCUT2D eigenvalue weighted by molar-refractivity contribution is 0.537. The predicted octanol–water partition coefficient (Wildman–Crippen LogP) is 0.383. The summed E-state index contributed by atoms with van der Waals surface area (Å²) < 4.78 is 20.7. The lowest BCUT2D eigenvalue weighted by atomic mass is 10.2. The fourth-order valence-corrected chi connectivity index (χ4v) is 1.09. The smallest absolute Gasteiger partial charge is 0.0248 e. The van der Waals surface area contributed by atoms with Crippen LogP contribution in [0, 0.1) is 0 Å². The summed E-state index contributed by atoms with van der Waals surface area (Å²) in [6.45, 7) is 0.436. The van der Waals surface area contributed by atoms with Crippen molar-refractivity contribution >= 4 is 11.1 Å². The second-order valence-electron chi connectivity index (χ2n) is 2.08. The number of rotatable bonds is 2. The molecule has 0 radical (unpaired) electrons. The second kappa shape index (κ2) is 3.61. The molecule has 0 amide bonds. The molecule has 4 heteroatoms. The van der Waals surface area contributed by atoms with Gasteiger partial charge in [0.1, 0.15) is 0 Å². The van der Waals surface area contributed by atoms with Gasteiger partial charge in [-0.25, -0.2) is 0 Å². The third kappa shape index (κ3) is 2.11. The Labute approximate surface area is 67.5 Å². The van der Waals surface area contributed by atoms with Gasteiger partial charge < -0.3 is 10.3 Å². The van der Waals surface area contributed by atoms with E-state index >= 15 is 0 Å². The molecule has 2 N–H and O–H groups in total. The molecule has 0 fully saturated rings. The molecule has 0 saturated carbocycles. The number of hydrogen-bond acceptors (Lipinski definition) is 3. The third-order valence-electron chi connectivity index (χ3n) is 1.35. The van der Waals surface area contributed by atoms with Crippen LogP contribution >= 0.6 is 0 Å². The minimum Gasteiger partial charge on any atom is -0.768 e. The van der Waals surface area contributed by atoms with E-state index in [2.05, 4.69) is 0 Å². The lowest BCUT2D eigenvalue weighted by Gasteiger charge is -2.04. The summed E-state index contributed by atoms with van der Waals surface area (Å²) in [5.41, 5.74) is 6.25. The lowest BCUT2D eigenvalue weighted by Crippen LogP contribution is -1.96. The summed E-state index contributed by atoms with van der Waals surface area (Å²) in [6, 6.07) is 6.47. The van der Waals surface area contributed by atoms with Crippen LogP contribution in [-0.2, 0) is 17.6 Å². The fraction of sp³-hybridized carbons (Fsp3) is 0.143. The van der Waals surface area contributed by atoms with Crippen LogP contribution in [0.3, 0.4) is 0 Å². The maximum absolute atomic E-state index is 10.4. The first-order valence-corrected chi connectivity index (χ1v) is 4.20. The van der Waals surface area contributed by atoms with Crippen LogP contribution < -0.4 is 5.73 Å². The minimum absolute atomic E-state index is 0.294. The molecule has 1 aromatic carbocycles. The highest BCUT2D eigenvalue weighted by molar-refractivity contribution is 7.79. The van der Waals surface area contributed by atoms with E-state index in [1.807, 2.05) is 0 Å². The van der Waals surface area contributed by atoms with Gasteiger partial charge in [-0.15, -0.1) is 0 Å². The topological polar surface area (TPSA) is 66.2 Å². The van der Waals surface area contributed by atoms with Gasteiger partial charge in [0.25, 0.3) is 0 Å². The van der Waals surface area contributed by atoms with E-state index in [0.29, 0.717) is 11.4 Å². The zero-order chi connectivity index (χ0) is 8.27. The zero-order valence-electron chi connectivity index (χ0n) is 5.82. The van der Waals surface area contributed by atoms with Crippen LogP contribution in [0.1, 0.15) is 5.56 Å². The normalized spacial score (nSPS) is 12.9. The molecule has 11 heavy (non-hydrogen) atoms. The van der Waals surface area contributed by atoms with Gasteiger partial charge in [-0.1, -0.05) is 12.1 Å². The SMILES string of the molecule is NCc1ccc(S(=O)[O-])cc1. The van der Waals surface area contributed by atoms with Crippen LogP contribution in [0.5, 0.6) is 0 Å². The van der Waals surface area contributed by atoms with E-state index in [1.165, 1.54) is 12.1 Å². The van der Waals surface area contributed by atoms with E-state index in [0.717, 1.165) is 5.56 Å². The second-order valence-corrected chi connectivity index (χ2v) is 3.02. The van der Waals surface area contributed by atoms with E-state index in [-0.39, 0.29) is 0 Å². The Hall–Kier alpha value is -0.710. The van der Waals surface area contributed by atoms with Gasteiger partial charge in [0.15, 0.2) is 0 Å². The Morgan fingerprint density at radius 1 is 1.36 bits per heavy atom. The average Bonchev–Trinajstić information content (AvgIpc) is 2.05. The summed E-state index contributed by atoms with van der Waals surface area (Å²) in [6.07, 6.45) is 0. The van der Waals surface area contributed by atoms with E-state index in [1.54, 1.807) is 12.1 Å². The molecule has 0 bridgehead atoms. The van der Waals surface area contributed by atoms with Gasteiger partial charge >= 0.3 is 0 Å². The van der Waals surface area contributed by atoms with Crippen LogP contribution in [0.4, 0.5) is 0 Å². The average molecular weight is 170 g/mol. The molecule has 1 rings (SSSR count). The van der Waals surface area contributed by atoms with Gasteiger partial charge in [-0.05, 0) is 28.8 Å². The van der Waals surface area contributed by atoms with E-state index in [9.17, 15) is 8.76 Å². The van der Waals surface area contributed by atoms with Crippen molar-refractivity contribution in [3.8, 4) is 0 Å². The highest BCUT2D eigenvalue weighted by Crippen LogP contribution is 2.06. The first-order chi connectivity index (χ1) is 5.24. The van der Waals surface area contributed by atoms with Crippen molar-refractivity contribution in [2.75, 3.05) is 0 Å². The third-order valence-corrected chi connectivity index (χ3v) is 2.01. The predicted molar refractivity (Wildman–Crippen MR) is 41.5 cm³/mol. The van der Waals surface area contributed by atoms with Crippen LogP contribution in [0.15, 0.2) is 29.2 Å². The van der Waals surface area contributed by atoms with Crippen molar-refractivity contribution in [1.29, 1.82) is 0 Å². The molecule has 0 spiro atoms. The van der Waals surface area contributed by atoms with Crippen LogP contribution in [0.2, 0.25) is 0 Å². The van der Waals surface area contributed by atoms with Crippen molar-refractivity contribution in [2.24, 2.45) is 5.73 Å². The van der Waals surface area contributed by atoms with Crippen molar-refractivity contribution in [3.05, 3.63) is 29.8 Å². The number of hydrogen-bond donors (Lipinski definition) is 1. The standard InChI is InChI=1S/C7H9NO2S/c8-5-6-1-3-7(4-2-6)11(9)10/h1-4H,5,8H2,(H,9,10)/p-1. The van der Waals surface area contributed by atoms with Gasteiger partial charge in [-0.3, -0.25) is 4.21 Å².